The second-order valence-corrected chi connectivity index (χ2v) is 6.79. The van der Waals surface area contributed by atoms with Gasteiger partial charge in [0.05, 0.1) is 6.54 Å². The van der Waals surface area contributed by atoms with E-state index < -0.39 is 0 Å². The van der Waals surface area contributed by atoms with Crippen LogP contribution in [0.1, 0.15) is 53.9 Å². The van der Waals surface area contributed by atoms with Crippen molar-refractivity contribution in [2.45, 2.75) is 53.9 Å². The minimum Gasteiger partial charge on any atom is -0.150 e. The summed E-state index contributed by atoms with van der Waals surface area (Å²) in [5.41, 5.74) is 5.58. The number of nitroso groups, excluding NO2 is 1. The van der Waals surface area contributed by atoms with Crippen molar-refractivity contribution in [3.05, 3.63) is 63.7 Å². The van der Waals surface area contributed by atoms with Gasteiger partial charge in [0.15, 0.2) is 0 Å². The molecule has 1 aliphatic rings. The third-order valence-electron chi connectivity index (χ3n) is 4.26. The molecule has 0 unspecified atom stereocenters. The molecule has 1 aliphatic carbocycles. The fourth-order valence-corrected chi connectivity index (χ4v) is 2.88. The van der Waals surface area contributed by atoms with Gasteiger partial charge in [-0.2, -0.15) is 4.91 Å². The van der Waals surface area contributed by atoms with Crippen LogP contribution in [0, 0.1) is 10.3 Å². The largest absolute Gasteiger partial charge is 0.150 e. The van der Waals surface area contributed by atoms with Crippen LogP contribution >= 0.6 is 0 Å². The highest BCUT2D eigenvalue weighted by Gasteiger charge is 2.26. The zero-order valence-corrected chi connectivity index (χ0v) is 14.6. The van der Waals surface area contributed by atoms with E-state index in [2.05, 4.69) is 51.1 Å². The maximum absolute atomic E-state index is 10.1. The van der Waals surface area contributed by atoms with Gasteiger partial charge in [-0.25, -0.2) is 0 Å². The van der Waals surface area contributed by atoms with Crippen LogP contribution < -0.4 is 0 Å². The Balaban J connectivity index is 2.75. The summed E-state index contributed by atoms with van der Waals surface area (Å²) in [6.07, 6.45) is 16.2. The Kier molecular flexibility index (Phi) is 7.23. The number of allylic oxidation sites excluding steroid dienone is 9. The van der Waals surface area contributed by atoms with E-state index in [1.165, 1.54) is 36.0 Å². The van der Waals surface area contributed by atoms with E-state index in [9.17, 15) is 4.91 Å². The fraction of sp³-hybridized carbons (Fsp3) is 0.500. The van der Waals surface area contributed by atoms with Crippen LogP contribution in [0.4, 0.5) is 0 Å². The van der Waals surface area contributed by atoms with Crippen LogP contribution in [0.25, 0.3) is 0 Å². The van der Waals surface area contributed by atoms with Gasteiger partial charge in [-0.3, -0.25) is 0 Å². The molecule has 0 aromatic carbocycles. The molecule has 22 heavy (non-hydrogen) atoms. The lowest BCUT2D eigenvalue weighted by Crippen LogP contribution is -2.19. The summed E-state index contributed by atoms with van der Waals surface area (Å²) in [5, 5.41) is 2.83. The van der Waals surface area contributed by atoms with E-state index in [1.807, 2.05) is 25.2 Å². The molecule has 0 spiro atoms. The average Bonchev–Trinajstić information content (AvgIpc) is 2.43. The Morgan fingerprint density at radius 1 is 1.23 bits per heavy atom. The van der Waals surface area contributed by atoms with Crippen LogP contribution in [0.2, 0.25) is 0 Å². The first kappa shape index (κ1) is 18.3. The van der Waals surface area contributed by atoms with Crippen LogP contribution in [-0.4, -0.2) is 6.54 Å². The van der Waals surface area contributed by atoms with Gasteiger partial charge in [-0.05, 0) is 51.0 Å². The Hall–Kier alpha value is -1.70. The van der Waals surface area contributed by atoms with E-state index in [0.717, 1.165) is 5.57 Å². The van der Waals surface area contributed by atoms with Crippen LogP contribution in [0.3, 0.4) is 0 Å². The van der Waals surface area contributed by atoms with Gasteiger partial charge in [0.25, 0.3) is 0 Å². The third kappa shape index (κ3) is 5.97. The second kappa shape index (κ2) is 8.67. The summed E-state index contributed by atoms with van der Waals surface area (Å²) in [5.74, 6) is 0. The average molecular weight is 299 g/mol. The predicted octanol–water partition coefficient (Wildman–Crippen LogP) is 6.28. The van der Waals surface area contributed by atoms with Crippen molar-refractivity contribution in [3.63, 3.8) is 0 Å². The molecule has 1 rings (SSSR count). The highest BCUT2D eigenvalue weighted by Crippen LogP contribution is 2.40. The van der Waals surface area contributed by atoms with Crippen LogP contribution in [-0.2, 0) is 0 Å². The van der Waals surface area contributed by atoms with E-state index in [0.29, 0.717) is 0 Å². The normalized spacial score (nSPS) is 20.2. The van der Waals surface area contributed by atoms with E-state index >= 15 is 0 Å². The van der Waals surface area contributed by atoms with Crippen molar-refractivity contribution in [1.29, 1.82) is 0 Å². The Bertz CT molecular complexity index is 542. The second-order valence-electron chi connectivity index (χ2n) is 6.79. The van der Waals surface area contributed by atoms with Gasteiger partial charge in [-0.15, -0.1) is 0 Å². The van der Waals surface area contributed by atoms with E-state index in [-0.39, 0.29) is 12.0 Å². The summed E-state index contributed by atoms with van der Waals surface area (Å²) < 4.78 is 0. The minimum atomic E-state index is 0.237. The van der Waals surface area contributed by atoms with Crippen molar-refractivity contribution < 1.29 is 0 Å². The SMILES string of the molecule is CC(C=CC1=C(C)CCCC1(C)C)=CC=CC(C)=CCN=O. The molecular formula is C20H29NO. The lowest BCUT2D eigenvalue weighted by molar-refractivity contribution is 0.377. The van der Waals surface area contributed by atoms with Gasteiger partial charge in [0.2, 0.25) is 0 Å². The molecule has 120 valence electrons. The monoisotopic (exact) mass is 299 g/mol. The molecule has 0 aromatic rings. The lowest BCUT2D eigenvalue weighted by atomic mass is 9.72. The molecule has 0 saturated heterocycles. The molecule has 2 nitrogen and oxygen atoms in total. The molecule has 0 fully saturated rings. The summed E-state index contributed by atoms with van der Waals surface area (Å²) in [4.78, 5) is 10.1. The molecule has 0 radical (unpaired) electrons. The van der Waals surface area contributed by atoms with Crippen LogP contribution in [0.5, 0.6) is 0 Å². The predicted molar refractivity (Wildman–Crippen MR) is 96.8 cm³/mol. The summed E-state index contributed by atoms with van der Waals surface area (Å²) in [6.45, 7) is 11.3. The van der Waals surface area contributed by atoms with Crippen molar-refractivity contribution >= 4 is 0 Å². The van der Waals surface area contributed by atoms with E-state index in [4.69, 9.17) is 0 Å². The standard InChI is InChI=1S/C20H29NO/c1-16(8-6-9-17(2)13-15-21-22)11-12-19-18(3)10-7-14-20(19,4)5/h6,8-9,11-13H,7,10,14-15H2,1-5H3. The molecule has 0 bridgehead atoms. The quantitative estimate of drug-likeness (QED) is 0.419. The number of nitrogens with zero attached hydrogens (tertiary/aromatic N) is 1. The van der Waals surface area contributed by atoms with Gasteiger partial charge in [0.1, 0.15) is 0 Å². The number of hydrogen-bond donors (Lipinski definition) is 0. The smallest absolute Gasteiger partial charge is 0.0997 e. The molecule has 0 N–H and O–H groups in total. The van der Waals surface area contributed by atoms with Gasteiger partial charge in [-0.1, -0.05) is 72.2 Å². The first-order valence-corrected chi connectivity index (χ1v) is 8.06. The summed E-state index contributed by atoms with van der Waals surface area (Å²) in [7, 11) is 0. The van der Waals surface area contributed by atoms with E-state index in [1.54, 1.807) is 0 Å². The van der Waals surface area contributed by atoms with Crippen LogP contribution in [0.15, 0.2) is 63.9 Å². The van der Waals surface area contributed by atoms with Crippen molar-refractivity contribution in [1.82, 2.24) is 0 Å². The molecule has 2 heteroatoms. The molecule has 0 heterocycles. The Labute approximate surface area is 135 Å². The number of rotatable bonds is 6. The topological polar surface area (TPSA) is 29.4 Å². The first-order valence-electron chi connectivity index (χ1n) is 8.06. The molecule has 0 aromatic heterocycles. The summed E-state index contributed by atoms with van der Waals surface area (Å²) in [6, 6.07) is 0. The lowest BCUT2D eigenvalue weighted by Gasteiger charge is -2.32. The first-order chi connectivity index (χ1) is 10.4. The zero-order chi connectivity index (χ0) is 16.6. The highest BCUT2D eigenvalue weighted by atomic mass is 16.3. The fourth-order valence-electron chi connectivity index (χ4n) is 2.88. The van der Waals surface area contributed by atoms with Crippen molar-refractivity contribution in [2.24, 2.45) is 10.6 Å². The van der Waals surface area contributed by atoms with Gasteiger partial charge < -0.3 is 0 Å². The molecular weight excluding hydrogens is 270 g/mol. The van der Waals surface area contributed by atoms with Gasteiger partial charge >= 0.3 is 0 Å². The van der Waals surface area contributed by atoms with Crippen molar-refractivity contribution in [3.8, 4) is 0 Å². The summed E-state index contributed by atoms with van der Waals surface area (Å²) >= 11 is 0. The number of hydrogen-bond acceptors (Lipinski definition) is 2. The third-order valence-corrected chi connectivity index (χ3v) is 4.26. The highest BCUT2D eigenvalue weighted by molar-refractivity contribution is 5.37. The maximum Gasteiger partial charge on any atom is 0.0997 e. The van der Waals surface area contributed by atoms with Crippen molar-refractivity contribution in [2.75, 3.05) is 6.54 Å². The molecule has 0 saturated carbocycles. The van der Waals surface area contributed by atoms with Gasteiger partial charge in [0, 0.05) is 0 Å². The molecule has 0 aliphatic heterocycles. The Morgan fingerprint density at radius 2 is 1.95 bits per heavy atom. The molecule has 0 atom stereocenters. The Morgan fingerprint density at radius 3 is 2.59 bits per heavy atom. The molecule has 0 amide bonds. The maximum atomic E-state index is 10.1. The zero-order valence-electron chi connectivity index (χ0n) is 14.6. The minimum absolute atomic E-state index is 0.237.